The largest absolute Gasteiger partial charge is 0.464 e. The van der Waals surface area contributed by atoms with Gasteiger partial charge in [0.2, 0.25) is 0 Å². The van der Waals surface area contributed by atoms with Crippen LogP contribution in [-0.2, 0) is 9.53 Å². The average molecular weight is 263 g/mol. The van der Waals surface area contributed by atoms with Crippen LogP contribution in [0.25, 0.3) is 0 Å². The van der Waals surface area contributed by atoms with Crippen LogP contribution in [0.2, 0.25) is 0 Å². The van der Waals surface area contributed by atoms with Gasteiger partial charge in [-0.25, -0.2) is 0 Å². The van der Waals surface area contributed by atoms with Crippen molar-refractivity contribution in [2.45, 2.75) is 44.9 Å². The minimum absolute atomic E-state index is 0.0443. The van der Waals surface area contributed by atoms with E-state index in [-0.39, 0.29) is 18.4 Å². The Morgan fingerprint density at radius 2 is 1.95 bits per heavy atom. The molecule has 0 amide bonds. The highest BCUT2D eigenvalue weighted by atomic mass is 16.5. The molecule has 0 heterocycles. The molecule has 0 saturated carbocycles. The van der Waals surface area contributed by atoms with E-state index in [0.29, 0.717) is 6.61 Å². The fourth-order valence-electron chi connectivity index (χ4n) is 2.14. The van der Waals surface area contributed by atoms with E-state index in [0.717, 1.165) is 6.42 Å². The van der Waals surface area contributed by atoms with Crippen molar-refractivity contribution in [2.75, 3.05) is 13.2 Å². The second-order valence-corrected chi connectivity index (χ2v) is 4.84. The highest BCUT2D eigenvalue weighted by Crippen LogP contribution is 2.23. The molecule has 0 aliphatic heterocycles. The molecule has 1 aromatic rings. The van der Waals surface area contributed by atoms with Crippen LogP contribution in [0.1, 0.15) is 50.5 Å². The van der Waals surface area contributed by atoms with Crippen LogP contribution in [0.4, 0.5) is 0 Å². The first-order chi connectivity index (χ1) is 9.27. The molecule has 1 unspecified atom stereocenters. The van der Waals surface area contributed by atoms with Crippen LogP contribution >= 0.6 is 0 Å². The summed E-state index contributed by atoms with van der Waals surface area (Å²) in [5.41, 5.74) is 6.50. The first kappa shape index (κ1) is 15.7. The lowest BCUT2D eigenvalue weighted by atomic mass is 9.94. The summed E-state index contributed by atoms with van der Waals surface area (Å²) in [6, 6.07) is 10.3. The van der Waals surface area contributed by atoms with Gasteiger partial charge in [0.25, 0.3) is 0 Å². The van der Waals surface area contributed by atoms with E-state index >= 15 is 0 Å². The van der Waals surface area contributed by atoms with Gasteiger partial charge in [-0.05, 0) is 12.0 Å². The quantitative estimate of drug-likeness (QED) is 0.549. The van der Waals surface area contributed by atoms with E-state index in [1.54, 1.807) is 0 Å². The Balaban J connectivity index is 2.50. The Labute approximate surface area is 116 Å². The number of carbonyl (C=O) groups excluding carboxylic acids is 1. The molecule has 19 heavy (non-hydrogen) atoms. The fraction of sp³-hybridized carbons (Fsp3) is 0.562. The van der Waals surface area contributed by atoms with Crippen LogP contribution in [0.5, 0.6) is 0 Å². The lowest BCUT2D eigenvalue weighted by molar-refractivity contribution is -0.142. The standard InChI is InChI=1S/C16H25NO2/c1-2-3-4-6-11-15(13-19-16(18)12-17)14-9-7-5-8-10-14/h5,7-10,15H,2-4,6,11-13,17H2,1H3. The Kier molecular flexibility index (Phi) is 7.91. The lowest BCUT2D eigenvalue weighted by Crippen LogP contribution is -2.20. The molecule has 1 atom stereocenters. The van der Waals surface area contributed by atoms with Gasteiger partial charge in [-0.15, -0.1) is 0 Å². The van der Waals surface area contributed by atoms with Gasteiger partial charge in [0.1, 0.15) is 0 Å². The number of esters is 1. The van der Waals surface area contributed by atoms with Crippen molar-refractivity contribution in [1.82, 2.24) is 0 Å². The van der Waals surface area contributed by atoms with Crippen molar-refractivity contribution in [3.05, 3.63) is 35.9 Å². The number of hydrogen-bond donors (Lipinski definition) is 1. The maximum Gasteiger partial charge on any atom is 0.319 e. The molecule has 0 aliphatic rings. The number of carbonyl (C=O) groups is 1. The number of rotatable bonds is 9. The Hall–Kier alpha value is -1.35. The van der Waals surface area contributed by atoms with Crippen molar-refractivity contribution in [3.63, 3.8) is 0 Å². The molecular weight excluding hydrogens is 238 g/mol. The van der Waals surface area contributed by atoms with Gasteiger partial charge in [-0.3, -0.25) is 4.79 Å². The number of unbranched alkanes of at least 4 members (excludes halogenated alkanes) is 3. The second-order valence-electron chi connectivity index (χ2n) is 4.84. The maximum atomic E-state index is 11.2. The minimum Gasteiger partial charge on any atom is -0.464 e. The normalized spacial score (nSPS) is 12.1. The third kappa shape index (κ3) is 6.39. The molecule has 3 heteroatoms. The molecule has 0 spiro atoms. The number of benzene rings is 1. The maximum absolute atomic E-state index is 11.2. The number of hydrogen-bond acceptors (Lipinski definition) is 3. The van der Waals surface area contributed by atoms with Crippen molar-refractivity contribution in [1.29, 1.82) is 0 Å². The smallest absolute Gasteiger partial charge is 0.319 e. The molecular formula is C16H25NO2. The first-order valence-corrected chi connectivity index (χ1v) is 7.18. The highest BCUT2D eigenvalue weighted by molar-refractivity contribution is 5.71. The van der Waals surface area contributed by atoms with E-state index < -0.39 is 0 Å². The molecule has 0 fully saturated rings. The van der Waals surface area contributed by atoms with E-state index in [1.165, 1.54) is 31.2 Å². The summed E-state index contributed by atoms with van der Waals surface area (Å²) in [6.45, 7) is 2.60. The molecule has 106 valence electrons. The fourth-order valence-corrected chi connectivity index (χ4v) is 2.14. The van der Waals surface area contributed by atoms with Crippen LogP contribution in [0, 0.1) is 0 Å². The summed E-state index contributed by atoms with van der Waals surface area (Å²) < 4.78 is 5.20. The van der Waals surface area contributed by atoms with Crippen LogP contribution in [0.3, 0.4) is 0 Å². The van der Waals surface area contributed by atoms with Crippen molar-refractivity contribution in [3.8, 4) is 0 Å². The molecule has 0 radical (unpaired) electrons. The second kappa shape index (κ2) is 9.56. The summed E-state index contributed by atoms with van der Waals surface area (Å²) in [5.74, 6) is -0.0388. The Bertz CT molecular complexity index is 351. The third-order valence-corrected chi connectivity index (χ3v) is 3.29. The zero-order valence-corrected chi connectivity index (χ0v) is 11.8. The highest BCUT2D eigenvalue weighted by Gasteiger charge is 2.13. The molecule has 2 N–H and O–H groups in total. The SMILES string of the molecule is CCCCCCC(COC(=O)CN)c1ccccc1. The molecule has 0 saturated heterocycles. The van der Waals surface area contributed by atoms with Crippen LogP contribution < -0.4 is 5.73 Å². The summed E-state index contributed by atoms with van der Waals surface area (Å²) in [7, 11) is 0. The Morgan fingerprint density at radius 3 is 2.58 bits per heavy atom. The van der Waals surface area contributed by atoms with Crippen molar-refractivity contribution < 1.29 is 9.53 Å². The van der Waals surface area contributed by atoms with Gasteiger partial charge in [0.05, 0.1) is 13.2 Å². The van der Waals surface area contributed by atoms with Gasteiger partial charge in [-0.1, -0.05) is 62.9 Å². The third-order valence-electron chi connectivity index (χ3n) is 3.29. The summed E-state index contributed by atoms with van der Waals surface area (Å²) in [5, 5.41) is 0. The molecule has 0 bridgehead atoms. The zero-order valence-electron chi connectivity index (χ0n) is 11.8. The molecule has 0 aromatic heterocycles. The van der Waals surface area contributed by atoms with E-state index in [1.807, 2.05) is 18.2 Å². The van der Waals surface area contributed by atoms with E-state index in [2.05, 4.69) is 19.1 Å². The van der Waals surface area contributed by atoms with E-state index in [9.17, 15) is 4.79 Å². The predicted octanol–water partition coefficient (Wildman–Crippen LogP) is 3.24. The predicted molar refractivity (Wildman–Crippen MR) is 78.0 cm³/mol. The van der Waals surface area contributed by atoms with Gasteiger partial charge >= 0.3 is 5.97 Å². The summed E-state index contributed by atoms with van der Waals surface area (Å²) >= 11 is 0. The van der Waals surface area contributed by atoms with Gasteiger partial charge < -0.3 is 10.5 Å². The summed E-state index contributed by atoms with van der Waals surface area (Å²) in [6.07, 6.45) is 5.97. The molecule has 0 aliphatic carbocycles. The minimum atomic E-state index is -0.325. The first-order valence-electron chi connectivity index (χ1n) is 7.18. The number of ether oxygens (including phenoxy) is 1. The average Bonchev–Trinajstić information content (AvgIpc) is 2.47. The van der Waals surface area contributed by atoms with Gasteiger partial charge in [0.15, 0.2) is 0 Å². The van der Waals surface area contributed by atoms with Crippen molar-refractivity contribution >= 4 is 5.97 Å². The van der Waals surface area contributed by atoms with Gasteiger partial charge in [0, 0.05) is 5.92 Å². The molecule has 1 rings (SSSR count). The lowest BCUT2D eigenvalue weighted by Gasteiger charge is -2.17. The van der Waals surface area contributed by atoms with Crippen molar-refractivity contribution in [2.24, 2.45) is 5.73 Å². The topological polar surface area (TPSA) is 52.3 Å². The van der Waals surface area contributed by atoms with Gasteiger partial charge in [-0.2, -0.15) is 0 Å². The van der Waals surface area contributed by atoms with E-state index in [4.69, 9.17) is 10.5 Å². The molecule has 1 aromatic carbocycles. The monoisotopic (exact) mass is 263 g/mol. The Morgan fingerprint density at radius 1 is 1.21 bits per heavy atom. The van der Waals surface area contributed by atoms with Crippen LogP contribution in [-0.4, -0.2) is 19.1 Å². The van der Waals surface area contributed by atoms with Crippen LogP contribution in [0.15, 0.2) is 30.3 Å². The molecule has 3 nitrogen and oxygen atoms in total. The summed E-state index contributed by atoms with van der Waals surface area (Å²) in [4.78, 5) is 11.2. The number of nitrogens with two attached hydrogens (primary N) is 1. The zero-order chi connectivity index (χ0) is 13.9.